The van der Waals surface area contributed by atoms with Gasteiger partial charge in [-0.25, -0.2) is 9.18 Å². The molecule has 1 aromatic heterocycles. The van der Waals surface area contributed by atoms with Gasteiger partial charge in [-0.2, -0.15) is 0 Å². The summed E-state index contributed by atoms with van der Waals surface area (Å²) in [4.78, 5) is 29.1. The molecule has 6 nitrogen and oxygen atoms in total. The predicted octanol–water partition coefficient (Wildman–Crippen LogP) is 5.47. The lowest BCUT2D eigenvalue weighted by atomic mass is 9.96. The summed E-state index contributed by atoms with van der Waals surface area (Å²) in [6, 6.07) is 21.0. The minimum Gasteiger partial charge on any atom is -0.477 e. The molecule has 0 aliphatic carbocycles. The van der Waals surface area contributed by atoms with Gasteiger partial charge in [0.15, 0.2) is 0 Å². The molecule has 1 atom stereocenters. The molecule has 0 spiro atoms. The number of halogens is 2. The van der Waals surface area contributed by atoms with Crippen LogP contribution < -0.4 is 10.3 Å². The molecule has 1 fully saturated rings. The van der Waals surface area contributed by atoms with Crippen LogP contribution in [0.2, 0.25) is 5.02 Å². The summed E-state index contributed by atoms with van der Waals surface area (Å²) in [6.07, 6.45) is 0. The van der Waals surface area contributed by atoms with E-state index in [-0.39, 0.29) is 17.0 Å². The number of hydrogen-bond acceptors (Lipinski definition) is 5. The summed E-state index contributed by atoms with van der Waals surface area (Å²) in [5.74, 6) is -1.17. The lowest BCUT2D eigenvalue weighted by molar-refractivity contribution is 0.0689. The largest absolute Gasteiger partial charge is 0.477 e. The van der Waals surface area contributed by atoms with E-state index in [1.54, 1.807) is 4.57 Å². The van der Waals surface area contributed by atoms with Crippen molar-refractivity contribution >= 4 is 45.9 Å². The van der Waals surface area contributed by atoms with Crippen molar-refractivity contribution in [2.45, 2.75) is 16.9 Å². The van der Waals surface area contributed by atoms with Crippen LogP contribution in [-0.4, -0.2) is 46.7 Å². The topological polar surface area (TPSA) is 65.8 Å². The Morgan fingerprint density at radius 2 is 1.65 bits per heavy atom. The molecule has 2 aliphatic rings. The van der Waals surface area contributed by atoms with Gasteiger partial charge >= 0.3 is 5.97 Å². The summed E-state index contributed by atoms with van der Waals surface area (Å²) in [6.45, 7) is 2.49. The van der Waals surface area contributed by atoms with Crippen molar-refractivity contribution in [3.8, 4) is 0 Å². The van der Waals surface area contributed by atoms with E-state index in [1.165, 1.54) is 29.5 Å². The van der Waals surface area contributed by atoms with Gasteiger partial charge in [-0.15, -0.1) is 0 Å². The molecular weight excluding hydrogens is 513 g/mol. The molecule has 1 saturated heterocycles. The van der Waals surface area contributed by atoms with Crippen LogP contribution in [0.3, 0.4) is 0 Å². The Morgan fingerprint density at radius 1 is 0.973 bits per heavy atom. The van der Waals surface area contributed by atoms with Crippen LogP contribution in [0.15, 0.2) is 76.6 Å². The van der Waals surface area contributed by atoms with Crippen molar-refractivity contribution in [3.63, 3.8) is 0 Å². The Balaban J connectivity index is 1.31. The SMILES string of the molecule is O=C(O)c1c2n(c3cc(F)c(N4CCN(C(c5ccccc5)c5ccc(Cl)cc5)CC4)cc3c1=O)CS2. The van der Waals surface area contributed by atoms with Crippen molar-refractivity contribution in [2.24, 2.45) is 0 Å². The molecule has 188 valence electrons. The highest BCUT2D eigenvalue weighted by Crippen LogP contribution is 2.38. The molecule has 4 aromatic rings. The van der Waals surface area contributed by atoms with Crippen molar-refractivity contribution in [1.82, 2.24) is 9.47 Å². The van der Waals surface area contributed by atoms with E-state index >= 15 is 4.39 Å². The molecule has 0 amide bonds. The summed E-state index contributed by atoms with van der Waals surface area (Å²) in [7, 11) is 0. The van der Waals surface area contributed by atoms with Crippen molar-refractivity contribution in [2.75, 3.05) is 31.1 Å². The molecule has 3 heterocycles. The average Bonchev–Trinajstić information content (AvgIpc) is 2.88. The molecule has 6 rings (SSSR count). The first-order valence-corrected chi connectivity index (χ1v) is 13.3. The molecular formula is C28H23ClFN3O3S. The molecule has 0 saturated carbocycles. The van der Waals surface area contributed by atoms with Gasteiger partial charge in [-0.3, -0.25) is 9.69 Å². The molecule has 0 radical (unpaired) electrons. The van der Waals surface area contributed by atoms with Gasteiger partial charge in [0.05, 0.1) is 28.1 Å². The molecule has 3 aromatic carbocycles. The minimum absolute atomic E-state index is 0.0289. The molecule has 1 unspecified atom stereocenters. The first-order valence-electron chi connectivity index (χ1n) is 12.0. The summed E-state index contributed by atoms with van der Waals surface area (Å²) in [5, 5.41) is 10.9. The maximum atomic E-state index is 15.3. The van der Waals surface area contributed by atoms with Gasteiger partial charge in [0, 0.05) is 42.7 Å². The van der Waals surface area contributed by atoms with Crippen LogP contribution >= 0.6 is 23.4 Å². The summed E-state index contributed by atoms with van der Waals surface area (Å²) >= 11 is 7.43. The van der Waals surface area contributed by atoms with Crippen LogP contribution in [0.5, 0.6) is 0 Å². The standard InChI is InChI=1S/C28H23ClFN3O3S/c29-19-8-6-18(7-9-19)25(17-4-2-1-3-5-17)32-12-10-31(11-13-32)23-14-20-22(15-21(23)30)33-16-37-27(33)24(26(20)34)28(35)36/h1-9,14-15,25H,10-13,16H2,(H,35,36). The van der Waals surface area contributed by atoms with E-state index in [0.717, 1.165) is 5.56 Å². The second-order valence-corrected chi connectivity index (χ2v) is 10.6. The molecule has 0 bridgehead atoms. The second kappa shape index (κ2) is 9.52. The molecule has 37 heavy (non-hydrogen) atoms. The Kier molecular flexibility index (Phi) is 6.18. The minimum atomic E-state index is -1.25. The first-order chi connectivity index (χ1) is 17.9. The third-order valence-corrected chi connectivity index (χ3v) is 8.49. The number of carbonyl (C=O) groups is 1. The zero-order valence-corrected chi connectivity index (χ0v) is 21.3. The Bertz CT molecular complexity index is 1570. The zero-order valence-electron chi connectivity index (χ0n) is 19.7. The fourth-order valence-corrected chi connectivity index (χ4v) is 6.39. The maximum absolute atomic E-state index is 15.3. The summed E-state index contributed by atoms with van der Waals surface area (Å²) in [5.41, 5.74) is 2.27. The van der Waals surface area contributed by atoms with Crippen LogP contribution in [0.25, 0.3) is 10.9 Å². The third-order valence-electron chi connectivity index (χ3n) is 7.15. The second-order valence-electron chi connectivity index (χ2n) is 9.22. The normalized spacial score (nSPS) is 16.3. The van der Waals surface area contributed by atoms with Crippen molar-refractivity contribution in [1.29, 1.82) is 0 Å². The Labute approximate surface area is 221 Å². The number of hydrogen-bond donors (Lipinski definition) is 1. The van der Waals surface area contributed by atoms with E-state index < -0.39 is 17.2 Å². The lowest BCUT2D eigenvalue weighted by Crippen LogP contribution is -2.48. The van der Waals surface area contributed by atoms with Gasteiger partial charge in [0.25, 0.3) is 0 Å². The van der Waals surface area contributed by atoms with Gasteiger partial charge in [0.2, 0.25) is 5.43 Å². The highest BCUT2D eigenvalue weighted by molar-refractivity contribution is 7.99. The number of pyridine rings is 1. The smallest absolute Gasteiger partial charge is 0.342 e. The van der Waals surface area contributed by atoms with Gasteiger partial charge in [-0.1, -0.05) is 65.8 Å². The number of carboxylic acids is 1. The molecule has 2 aliphatic heterocycles. The number of rotatable bonds is 5. The van der Waals surface area contributed by atoms with E-state index in [2.05, 4.69) is 17.0 Å². The summed E-state index contributed by atoms with van der Waals surface area (Å²) < 4.78 is 17.0. The molecule has 1 N–H and O–H groups in total. The first kappa shape index (κ1) is 24.0. The van der Waals surface area contributed by atoms with Crippen molar-refractivity contribution in [3.05, 3.63) is 104 Å². The Morgan fingerprint density at radius 3 is 2.27 bits per heavy atom. The number of anilines is 1. The maximum Gasteiger partial charge on any atom is 0.342 e. The fourth-order valence-electron chi connectivity index (χ4n) is 5.31. The number of nitrogens with zero attached hydrogens (tertiary/aromatic N) is 3. The average molecular weight is 536 g/mol. The predicted molar refractivity (Wildman–Crippen MR) is 145 cm³/mol. The van der Waals surface area contributed by atoms with Gasteiger partial charge in [-0.05, 0) is 29.3 Å². The van der Waals surface area contributed by atoms with E-state index in [0.29, 0.717) is 53.3 Å². The van der Waals surface area contributed by atoms with Crippen LogP contribution in [0, 0.1) is 5.82 Å². The number of piperazine rings is 1. The number of aromatic nitrogens is 1. The lowest BCUT2D eigenvalue weighted by Gasteiger charge is -2.41. The number of thioether (sulfide) groups is 1. The van der Waals surface area contributed by atoms with E-state index in [1.807, 2.05) is 47.4 Å². The highest BCUT2D eigenvalue weighted by atomic mass is 35.5. The van der Waals surface area contributed by atoms with Crippen molar-refractivity contribution < 1.29 is 14.3 Å². The van der Waals surface area contributed by atoms with E-state index in [4.69, 9.17) is 11.6 Å². The number of benzene rings is 3. The fraction of sp³-hybridized carbons (Fsp3) is 0.214. The number of fused-ring (bicyclic) bond motifs is 3. The quantitative estimate of drug-likeness (QED) is 0.366. The highest BCUT2D eigenvalue weighted by Gasteiger charge is 2.31. The van der Waals surface area contributed by atoms with E-state index in [9.17, 15) is 14.7 Å². The van der Waals surface area contributed by atoms with Gasteiger partial charge in [0.1, 0.15) is 11.4 Å². The number of carboxylic acid groups (broad SMARTS) is 1. The zero-order chi connectivity index (χ0) is 25.7. The third kappa shape index (κ3) is 4.19. The van der Waals surface area contributed by atoms with Crippen LogP contribution in [0.1, 0.15) is 27.5 Å². The van der Waals surface area contributed by atoms with Crippen LogP contribution in [-0.2, 0) is 5.88 Å². The monoisotopic (exact) mass is 535 g/mol. The van der Waals surface area contributed by atoms with Crippen LogP contribution in [0.4, 0.5) is 10.1 Å². The van der Waals surface area contributed by atoms with Gasteiger partial charge < -0.3 is 14.6 Å². The molecule has 9 heteroatoms. The number of aromatic carboxylic acids is 1. The Hall–Kier alpha value is -3.33.